The Morgan fingerprint density at radius 3 is 0.500 bits per heavy atom. The summed E-state index contributed by atoms with van der Waals surface area (Å²) in [6.45, 7) is 0. The highest BCUT2D eigenvalue weighted by Gasteiger charge is 2.56. The highest BCUT2D eigenvalue weighted by atomic mass is 13.4. The van der Waals surface area contributed by atoms with Gasteiger partial charge in [-0.15, -0.1) is 15.5 Å². The van der Waals surface area contributed by atoms with Gasteiger partial charge in [-0.25, -0.2) is 0 Å². The second kappa shape index (κ2) is 19.3. The summed E-state index contributed by atoms with van der Waals surface area (Å²) in [5.74, 6) is 0. The van der Waals surface area contributed by atoms with E-state index in [1.54, 1.807) is 0 Å². The lowest BCUT2D eigenvalue weighted by molar-refractivity contribution is 3.21. The average molecular weight is 439 g/mol. The molecule has 40 heavy (non-hydrogen) atoms. The Bertz CT molecular complexity index is 529. The molecule has 0 aromatic carbocycles. The van der Waals surface area contributed by atoms with Crippen LogP contribution in [0.1, 0.15) is 0 Å². The molecule has 0 aromatic heterocycles. The first-order chi connectivity index (χ1) is 18.1. The molecule has 0 amide bonds. The summed E-state index contributed by atoms with van der Waals surface area (Å²) >= 11 is 0. The molecule has 38 radical (unpaired) electrons. The third-order valence-electron chi connectivity index (χ3n) is 7.56. The van der Waals surface area contributed by atoms with E-state index in [-0.39, 0.29) is 15.5 Å². The van der Waals surface area contributed by atoms with Crippen molar-refractivity contribution in [1.82, 2.24) is 0 Å². The molecule has 0 nitrogen and oxygen atoms in total. The fourth-order valence-electron chi connectivity index (χ4n) is 6.16. The van der Waals surface area contributed by atoms with Crippen molar-refractivity contribution in [3.8, 4) is 0 Å². The Labute approximate surface area is 282 Å². The molecule has 0 saturated heterocycles. The lowest BCUT2D eigenvalue weighted by Crippen LogP contribution is -2.92. The second-order valence-corrected chi connectivity index (χ2v) is 10.4. The predicted octanol–water partition coefficient (Wildman–Crippen LogP) is -16.8. The number of hydrogen-bond donors (Lipinski definition) is 0. The van der Waals surface area contributed by atoms with E-state index >= 15 is 0 Å². The third kappa shape index (κ3) is 11.4. The van der Waals surface area contributed by atoms with Crippen LogP contribution in [0.25, 0.3) is 0 Å². The molecule has 40 heteroatoms. The lowest BCUT2D eigenvalue weighted by atomic mass is 8.27. The summed E-state index contributed by atoms with van der Waals surface area (Å²) in [7, 11) is 120. The summed E-state index contributed by atoms with van der Waals surface area (Å²) in [6.07, 6.45) is -17.1. The van der Waals surface area contributed by atoms with Crippen molar-refractivity contribution in [2.45, 2.75) is 0 Å². The van der Waals surface area contributed by atoms with Gasteiger partial charge in [0.05, 0.1) is 0 Å². The fourth-order valence-corrected chi connectivity index (χ4v) is 6.16. The van der Waals surface area contributed by atoms with Gasteiger partial charge >= 0.3 is 0 Å². The van der Waals surface area contributed by atoms with Gasteiger partial charge in [0.2, 0.25) is 0 Å². The van der Waals surface area contributed by atoms with E-state index in [0.29, 0.717) is 6.39 Å². The molecule has 0 saturated carbocycles. The summed E-state index contributed by atoms with van der Waals surface area (Å²) in [5, 5.41) is 0. The van der Waals surface area contributed by atoms with Crippen molar-refractivity contribution in [3.05, 3.63) is 0 Å². The second-order valence-electron chi connectivity index (χ2n) is 10.4. The molecule has 0 aliphatic heterocycles. The van der Waals surface area contributed by atoms with Crippen molar-refractivity contribution in [3.63, 3.8) is 0 Å². The lowest BCUT2D eigenvalue weighted by Gasteiger charge is -2.55. The van der Waals surface area contributed by atoms with E-state index in [0.717, 1.165) is 0 Å². The minimum Gasteiger partial charge on any atom is -0.262 e. The predicted molar refractivity (Wildman–Crippen MR) is 239 cm³/mol. The van der Waals surface area contributed by atoms with Gasteiger partial charge in [0.25, 0.3) is 0 Å². The molecule has 0 aromatic rings. The van der Waals surface area contributed by atoms with Crippen LogP contribution in [0.3, 0.4) is 0 Å². The van der Waals surface area contributed by atoms with Gasteiger partial charge in [0, 0.05) is 0 Å². The van der Waals surface area contributed by atoms with Crippen molar-refractivity contribution >= 4 is 284 Å². The van der Waals surface area contributed by atoms with E-state index in [9.17, 15) is 0 Å². The van der Waals surface area contributed by atoms with Gasteiger partial charge in [0.1, 0.15) is 0 Å². The zero-order valence-electron chi connectivity index (χ0n) is 21.9. The van der Waals surface area contributed by atoms with E-state index in [4.69, 9.17) is 147 Å². The minimum absolute atomic E-state index is 0.202. The Morgan fingerprint density at radius 2 is 0.375 bits per heavy atom. The largest absolute Gasteiger partial charge is 0.262 e. The van der Waals surface area contributed by atoms with Crippen molar-refractivity contribution in [2.24, 2.45) is 0 Å². The van der Waals surface area contributed by atoms with Gasteiger partial charge in [-0.3, -0.25) is 6.39 Å². The Kier molecular flexibility index (Phi) is 20.6. The molecule has 0 fully saturated rings. The quantitative estimate of drug-likeness (QED) is 0.187. The maximum absolute atomic E-state index is 6.91. The van der Waals surface area contributed by atoms with Crippen LogP contribution in [0.5, 0.6) is 0 Å². The molecular weight excluding hydrogens is 432 g/mol. The third-order valence-corrected chi connectivity index (χ3v) is 7.56. The van der Waals surface area contributed by atoms with Crippen LogP contribution >= 0.6 is 0 Å². The van der Waals surface area contributed by atoms with Gasteiger partial charge in [-0.2, -0.15) is 0 Å². The highest BCUT2D eigenvalue weighted by Crippen LogP contribution is 2.18. The van der Waals surface area contributed by atoms with Gasteiger partial charge in [-0.1, -0.05) is 6.39 Å². The first-order valence-electron chi connectivity index (χ1n) is 12.3. The molecule has 0 rings (SSSR count). The summed E-state index contributed by atoms with van der Waals surface area (Å²) in [5.41, 5.74) is 0. The van der Waals surface area contributed by atoms with E-state index in [2.05, 4.69) is 0 Å². The molecule has 0 aliphatic rings. The molecule has 0 unspecified atom stereocenters. The summed E-state index contributed by atoms with van der Waals surface area (Å²) in [6, 6.07) is 0. The maximum atomic E-state index is 6.91. The molecule has 0 heterocycles. The topological polar surface area (TPSA) is 0 Å². The normalized spacial score (nSPS) is 9.65. The van der Waals surface area contributed by atoms with Gasteiger partial charge in [0.15, 0.2) is 0 Å². The zero-order chi connectivity index (χ0) is 32.0. The molecule has 0 atom stereocenters. The summed E-state index contributed by atoms with van der Waals surface area (Å²) < 4.78 is 0. The molecule has 128 valence electrons. The fraction of sp³-hybridized carbons (Fsp3) is 0. The van der Waals surface area contributed by atoms with Crippen LogP contribution in [0.15, 0.2) is 0 Å². The standard InChI is InChI=1S/B40H6/c1-22(2)32(21)37(31(19)20)40(38(33(23(3)4)24(5)6)34(25(7)8)26(9)10)39(35(27(11)12)28(13)14)36(29(15)16)30(17)18/h1-2H3/q-2. The van der Waals surface area contributed by atoms with Crippen LogP contribution in [-0.4, -0.2) is 284 Å². The molecule has 0 spiro atoms. The Morgan fingerprint density at radius 1 is 0.225 bits per heavy atom. The van der Waals surface area contributed by atoms with Gasteiger partial charge < -0.3 is 0 Å². The first-order valence-corrected chi connectivity index (χ1v) is 12.3. The molecule has 0 bridgehead atoms. The van der Waals surface area contributed by atoms with Gasteiger partial charge in [-0.05, 0) is 256 Å². The summed E-state index contributed by atoms with van der Waals surface area (Å²) in [4.78, 5) is 0. The average Bonchev–Trinajstić information content (AvgIpc) is 2.73. The minimum atomic E-state index is -1.12. The molecular formula is H6B40-2. The molecule has 0 N–H and O–H groups in total. The SMILES string of the molecule is [B]B([B])B(B([B])[B])B(B(B([B])[B])B([B])[B])B(B(B([B])[B])B([B])B([BH3-])[BH3-])B(B(B([B])[B])B([B])[B])B(B([B])[B])B([B])[B]. The maximum Gasteiger partial charge on any atom is -0.000000000000163 e. The van der Waals surface area contributed by atoms with E-state index in [1.807, 2.05) is 0 Å². The smallest absolute Gasteiger partial charge is 0.000000000000163 e. The Hall–Kier alpha value is 2.60. The monoisotopic (exact) mass is 446 g/mol. The van der Waals surface area contributed by atoms with Crippen molar-refractivity contribution in [2.75, 3.05) is 0 Å². The van der Waals surface area contributed by atoms with Crippen LogP contribution in [0.2, 0.25) is 0 Å². The van der Waals surface area contributed by atoms with Crippen LogP contribution in [-0.2, 0) is 0 Å². The van der Waals surface area contributed by atoms with E-state index in [1.165, 1.54) is 0 Å². The van der Waals surface area contributed by atoms with Crippen LogP contribution in [0, 0.1) is 0 Å². The van der Waals surface area contributed by atoms with Crippen molar-refractivity contribution < 1.29 is 0 Å². The van der Waals surface area contributed by atoms with Crippen molar-refractivity contribution in [1.29, 1.82) is 0 Å². The number of rotatable bonds is 18. The highest BCUT2D eigenvalue weighted by molar-refractivity contribution is 8.32. The van der Waals surface area contributed by atoms with Crippen LogP contribution in [0.4, 0.5) is 0 Å². The zero-order valence-corrected chi connectivity index (χ0v) is 21.9. The van der Waals surface area contributed by atoms with Crippen LogP contribution < -0.4 is 0 Å². The first kappa shape index (κ1) is 42.6. The van der Waals surface area contributed by atoms with E-state index < -0.39 is 115 Å². The molecule has 0 aliphatic carbocycles. The number of hydrogen-bond acceptors (Lipinski definition) is 0. The Balaban J connectivity index is 8.34.